The van der Waals surface area contributed by atoms with Gasteiger partial charge in [-0.1, -0.05) is 6.08 Å². The number of hydrogen-bond donors (Lipinski definition) is 3. The maximum atomic E-state index is 13.1. The summed E-state index contributed by atoms with van der Waals surface area (Å²) in [5, 5.41) is 29.4. The number of halogens is 3. The molecule has 0 saturated carbocycles. The molecule has 0 spiro atoms. The average molecular weight is 332 g/mol. The van der Waals surface area contributed by atoms with Crippen molar-refractivity contribution in [1.82, 2.24) is 0 Å². The first-order valence-electron chi connectivity index (χ1n) is 7.12. The van der Waals surface area contributed by atoms with E-state index in [1.165, 1.54) is 25.2 Å². The van der Waals surface area contributed by atoms with Gasteiger partial charge in [-0.3, -0.25) is 0 Å². The van der Waals surface area contributed by atoms with Crippen LogP contribution in [0.2, 0.25) is 0 Å². The lowest BCUT2D eigenvalue weighted by Crippen LogP contribution is -2.51. The minimum absolute atomic E-state index is 0.100. The minimum atomic E-state index is -4.93. The highest BCUT2D eigenvalue weighted by molar-refractivity contribution is 5.39. The fourth-order valence-corrected chi connectivity index (χ4v) is 2.46. The van der Waals surface area contributed by atoms with Crippen LogP contribution in [0.5, 0.6) is 0 Å². The Labute approximate surface area is 131 Å². The van der Waals surface area contributed by atoms with Crippen molar-refractivity contribution in [3.63, 3.8) is 0 Å². The Morgan fingerprint density at radius 3 is 2.43 bits per heavy atom. The zero-order valence-electron chi connectivity index (χ0n) is 12.8. The monoisotopic (exact) mass is 332 g/mol. The zero-order chi connectivity index (χ0) is 17.5. The van der Waals surface area contributed by atoms with Gasteiger partial charge in [-0.05, 0) is 44.6 Å². The highest BCUT2D eigenvalue weighted by atomic mass is 19.4. The van der Waals surface area contributed by atoms with Gasteiger partial charge in [0.25, 0.3) is 0 Å². The Kier molecular flexibility index (Phi) is 4.49. The lowest BCUT2D eigenvalue weighted by molar-refractivity contribution is -0.243. The fraction of sp³-hybridized carbons (Fsp3) is 0.500. The molecule has 128 valence electrons. The Bertz CT molecular complexity index is 595. The van der Waals surface area contributed by atoms with Crippen LogP contribution in [0.15, 0.2) is 47.5 Å². The van der Waals surface area contributed by atoms with Crippen LogP contribution in [-0.2, 0) is 4.74 Å². The first-order chi connectivity index (χ1) is 10.4. The van der Waals surface area contributed by atoms with Gasteiger partial charge < -0.3 is 20.1 Å². The predicted octanol–water partition coefficient (Wildman–Crippen LogP) is 2.49. The molecule has 0 aliphatic heterocycles. The van der Waals surface area contributed by atoms with Crippen LogP contribution in [0.1, 0.15) is 26.7 Å². The Balaban J connectivity index is 2.28. The molecule has 0 heterocycles. The first-order valence-corrected chi connectivity index (χ1v) is 7.12. The lowest BCUT2D eigenvalue weighted by atomic mass is 9.77. The normalized spacial score (nSPS) is 31.0. The van der Waals surface area contributed by atoms with Gasteiger partial charge in [0, 0.05) is 12.0 Å². The number of alkyl halides is 3. The predicted molar refractivity (Wildman–Crippen MR) is 77.0 cm³/mol. The molecule has 23 heavy (non-hydrogen) atoms. The van der Waals surface area contributed by atoms with E-state index in [2.05, 4.69) is 0 Å². The minimum Gasteiger partial charge on any atom is -0.458 e. The van der Waals surface area contributed by atoms with Crippen LogP contribution in [0, 0.1) is 0 Å². The van der Waals surface area contributed by atoms with Gasteiger partial charge in [0.2, 0.25) is 0 Å². The molecule has 2 aliphatic rings. The molecule has 0 amide bonds. The molecule has 0 aromatic heterocycles. The maximum Gasteiger partial charge on any atom is 0.420 e. The Morgan fingerprint density at radius 2 is 1.91 bits per heavy atom. The largest absolute Gasteiger partial charge is 0.458 e. The number of ether oxygens (including phenoxy) is 1. The van der Waals surface area contributed by atoms with Gasteiger partial charge in [0.1, 0.15) is 11.5 Å². The van der Waals surface area contributed by atoms with E-state index in [0.29, 0.717) is 19.1 Å². The zero-order valence-corrected chi connectivity index (χ0v) is 12.8. The summed E-state index contributed by atoms with van der Waals surface area (Å²) in [6, 6.07) is 0. The van der Waals surface area contributed by atoms with Crippen LogP contribution < -0.4 is 0 Å². The van der Waals surface area contributed by atoms with Crippen LogP contribution in [-0.4, -0.2) is 38.8 Å². The second-order valence-corrected chi connectivity index (χ2v) is 6.08. The van der Waals surface area contributed by atoms with Gasteiger partial charge in [0.15, 0.2) is 5.60 Å². The highest BCUT2D eigenvalue weighted by Gasteiger charge is 2.56. The van der Waals surface area contributed by atoms with E-state index in [4.69, 9.17) is 4.74 Å². The maximum absolute atomic E-state index is 13.1. The van der Waals surface area contributed by atoms with E-state index < -0.39 is 29.1 Å². The fourth-order valence-electron chi connectivity index (χ4n) is 2.46. The van der Waals surface area contributed by atoms with Crippen LogP contribution in [0.25, 0.3) is 0 Å². The molecule has 3 unspecified atom stereocenters. The molecule has 0 bridgehead atoms. The van der Waals surface area contributed by atoms with Crippen LogP contribution in [0.3, 0.4) is 0 Å². The van der Waals surface area contributed by atoms with Crippen molar-refractivity contribution in [3.05, 3.63) is 47.5 Å². The second kappa shape index (κ2) is 5.81. The van der Waals surface area contributed by atoms with Gasteiger partial charge in [-0.15, -0.1) is 0 Å². The third-order valence-corrected chi connectivity index (χ3v) is 3.92. The summed E-state index contributed by atoms with van der Waals surface area (Å²) >= 11 is 0. The standard InChI is InChI=1S/C16H19F3O4/c1-14(21)8-7-12(23-11-5-3-10(20)4-6-11)9-13(14)15(2,22)16(17,18)19/h3,5-7,9-10,20-22H,4,8H2,1-2H3. The van der Waals surface area contributed by atoms with Crippen LogP contribution >= 0.6 is 0 Å². The highest BCUT2D eigenvalue weighted by Crippen LogP contribution is 2.44. The Hall–Kier alpha value is -1.57. The molecule has 3 atom stereocenters. The quantitative estimate of drug-likeness (QED) is 0.743. The number of hydrogen-bond acceptors (Lipinski definition) is 4. The van der Waals surface area contributed by atoms with Crippen molar-refractivity contribution in [3.8, 4) is 0 Å². The van der Waals surface area contributed by atoms with Crippen molar-refractivity contribution in [2.45, 2.75) is 50.2 Å². The molecule has 2 aliphatic carbocycles. The SMILES string of the molecule is CC1(O)CC=C(OC2=CCC(O)C=C2)C=C1C(C)(O)C(F)(F)F. The summed E-state index contributed by atoms with van der Waals surface area (Å²) in [5.41, 5.74) is -5.58. The molecule has 3 N–H and O–H groups in total. The number of aliphatic hydroxyl groups is 3. The topological polar surface area (TPSA) is 69.9 Å². The molecule has 4 nitrogen and oxygen atoms in total. The van der Waals surface area contributed by atoms with E-state index in [9.17, 15) is 28.5 Å². The smallest absolute Gasteiger partial charge is 0.420 e. The van der Waals surface area contributed by atoms with Gasteiger partial charge in [0.05, 0.1) is 11.7 Å². The van der Waals surface area contributed by atoms with Crippen molar-refractivity contribution >= 4 is 0 Å². The van der Waals surface area contributed by atoms with E-state index in [1.807, 2.05) is 0 Å². The molecular formula is C16H19F3O4. The lowest BCUT2D eigenvalue weighted by Gasteiger charge is -2.39. The van der Waals surface area contributed by atoms with Crippen molar-refractivity contribution in [2.75, 3.05) is 0 Å². The van der Waals surface area contributed by atoms with Crippen molar-refractivity contribution in [2.24, 2.45) is 0 Å². The van der Waals surface area contributed by atoms with Crippen molar-refractivity contribution in [1.29, 1.82) is 0 Å². The summed E-state index contributed by atoms with van der Waals surface area (Å²) in [7, 11) is 0. The third kappa shape index (κ3) is 3.68. The molecule has 0 fully saturated rings. The summed E-state index contributed by atoms with van der Waals surface area (Å²) in [4.78, 5) is 0. The second-order valence-electron chi connectivity index (χ2n) is 6.08. The molecule has 0 aromatic carbocycles. The van der Waals surface area contributed by atoms with Gasteiger partial charge in [-0.2, -0.15) is 13.2 Å². The number of rotatable bonds is 3. The number of aliphatic hydroxyl groups excluding tert-OH is 1. The van der Waals surface area contributed by atoms with Crippen LogP contribution in [0.4, 0.5) is 13.2 Å². The summed E-state index contributed by atoms with van der Waals surface area (Å²) in [6.07, 6.45) is 1.76. The van der Waals surface area contributed by atoms with E-state index in [0.717, 1.165) is 6.08 Å². The summed E-state index contributed by atoms with van der Waals surface area (Å²) < 4.78 is 44.7. The summed E-state index contributed by atoms with van der Waals surface area (Å²) in [5.74, 6) is 0.480. The first kappa shape index (κ1) is 17.8. The molecule has 7 heteroatoms. The van der Waals surface area contributed by atoms with Crippen molar-refractivity contribution < 1.29 is 33.2 Å². The molecule has 0 aromatic rings. The molecule has 0 saturated heterocycles. The third-order valence-electron chi connectivity index (χ3n) is 3.92. The number of allylic oxidation sites excluding steroid dienone is 2. The van der Waals surface area contributed by atoms with E-state index in [1.54, 1.807) is 6.08 Å². The van der Waals surface area contributed by atoms with E-state index >= 15 is 0 Å². The molecule has 2 rings (SSSR count). The molecular weight excluding hydrogens is 313 g/mol. The van der Waals surface area contributed by atoms with Gasteiger partial charge >= 0.3 is 6.18 Å². The summed E-state index contributed by atoms with van der Waals surface area (Å²) in [6.45, 7) is 1.81. The Morgan fingerprint density at radius 1 is 1.26 bits per heavy atom. The van der Waals surface area contributed by atoms with Gasteiger partial charge in [-0.25, -0.2) is 0 Å². The van der Waals surface area contributed by atoms with E-state index in [-0.39, 0.29) is 12.2 Å². The molecule has 0 radical (unpaired) electrons. The average Bonchev–Trinajstić information content (AvgIpc) is 2.41.